The Kier molecular flexibility index (Phi) is 4.30. The molecule has 0 spiro atoms. The summed E-state index contributed by atoms with van der Waals surface area (Å²) >= 11 is 0. The Bertz CT molecular complexity index is 681. The lowest BCUT2D eigenvalue weighted by Crippen LogP contribution is -2.63. The lowest BCUT2D eigenvalue weighted by atomic mass is 9.72. The van der Waals surface area contributed by atoms with Crippen LogP contribution in [0.2, 0.25) is 0 Å². The zero-order chi connectivity index (χ0) is 17.3. The van der Waals surface area contributed by atoms with Gasteiger partial charge in [-0.2, -0.15) is 5.26 Å². The van der Waals surface area contributed by atoms with Gasteiger partial charge in [0.1, 0.15) is 11.6 Å². The Morgan fingerprint density at radius 3 is 2.65 bits per heavy atom. The van der Waals surface area contributed by atoms with Gasteiger partial charge in [0.05, 0.1) is 12.5 Å². The van der Waals surface area contributed by atoms with E-state index in [1.807, 2.05) is 0 Å². The van der Waals surface area contributed by atoms with E-state index < -0.39 is 29.2 Å². The van der Waals surface area contributed by atoms with Crippen LogP contribution in [0.4, 0.5) is 4.39 Å². The highest BCUT2D eigenvalue weighted by Gasteiger charge is 2.67. The van der Waals surface area contributed by atoms with Crippen molar-refractivity contribution in [2.45, 2.75) is 31.2 Å². The molecule has 2 rings (SSSR count). The molecule has 0 bridgehead atoms. The smallest absolute Gasteiger partial charge is 0.351 e. The number of hydrogen-bond donors (Lipinski definition) is 2. The van der Waals surface area contributed by atoms with Crippen LogP contribution in [0.1, 0.15) is 25.3 Å². The van der Waals surface area contributed by atoms with Gasteiger partial charge in [0.25, 0.3) is 11.5 Å². The van der Waals surface area contributed by atoms with Crippen LogP contribution < -0.4 is 5.73 Å². The number of aliphatic hydroxyl groups is 1. The van der Waals surface area contributed by atoms with Crippen LogP contribution in [0.5, 0.6) is 0 Å². The molecule has 1 aromatic rings. The zero-order valence-corrected chi connectivity index (χ0v) is 12.7. The summed E-state index contributed by atoms with van der Waals surface area (Å²) in [4.78, 5) is 12.3. The largest absolute Gasteiger partial charge is 0.463 e. The van der Waals surface area contributed by atoms with E-state index in [2.05, 4.69) is 0 Å². The summed E-state index contributed by atoms with van der Waals surface area (Å²) in [6.45, 7) is 2.39. The van der Waals surface area contributed by atoms with Gasteiger partial charge in [-0.3, -0.25) is 0 Å². The van der Waals surface area contributed by atoms with Crippen molar-refractivity contribution in [3.63, 3.8) is 0 Å². The topological polar surface area (TPSA) is 106 Å². The van der Waals surface area contributed by atoms with Gasteiger partial charge in [0.2, 0.25) is 5.88 Å². The van der Waals surface area contributed by atoms with Gasteiger partial charge in [-0.05, 0) is 12.5 Å². The molecule has 1 aliphatic heterocycles. The second-order valence-corrected chi connectivity index (χ2v) is 5.25. The fraction of sp³-hybridized carbons (Fsp3) is 0.375. The summed E-state index contributed by atoms with van der Waals surface area (Å²) in [7, 11) is 0. The highest BCUT2D eigenvalue weighted by molar-refractivity contribution is 5.84. The number of halogens is 1. The molecule has 122 valence electrons. The van der Waals surface area contributed by atoms with Crippen LogP contribution in [-0.4, -0.2) is 29.1 Å². The number of nitriles is 1. The first-order valence-electron chi connectivity index (χ1n) is 7.01. The maximum Gasteiger partial charge on any atom is 0.351 e. The van der Waals surface area contributed by atoms with Crippen molar-refractivity contribution in [2.24, 2.45) is 5.73 Å². The number of carbonyl (C=O) groups is 1. The molecule has 0 aliphatic carbocycles. The molecule has 1 heterocycles. The normalized spacial score (nSPS) is 30.3. The van der Waals surface area contributed by atoms with E-state index in [1.165, 1.54) is 19.1 Å². The summed E-state index contributed by atoms with van der Waals surface area (Å²) in [6.07, 6.45) is 0. The average Bonchev–Trinajstić information content (AvgIpc) is 2.51. The van der Waals surface area contributed by atoms with E-state index in [0.717, 1.165) is 6.92 Å². The Hall–Kier alpha value is -2.59. The molecule has 0 unspecified atom stereocenters. The lowest BCUT2D eigenvalue weighted by Gasteiger charge is -2.44. The van der Waals surface area contributed by atoms with Crippen molar-refractivity contribution in [1.82, 2.24) is 0 Å². The van der Waals surface area contributed by atoms with E-state index in [9.17, 15) is 15.2 Å². The minimum Gasteiger partial charge on any atom is -0.463 e. The van der Waals surface area contributed by atoms with Crippen molar-refractivity contribution in [1.29, 1.82) is 5.26 Å². The Balaban J connectivity index is 2.73. The molecule has 1 aromatic carbocycles. The Morgan fingerprint density at radius 1 is 1.52 bits per heavy atom. The van der Waals surface area contributed by atoms with Crippen LogP contribution in [0.15, 0.2) is 41.8 Å². The maximum atomic E-state index is 15.8. The van der Waals surface area contributed by atoms with Crippen molar-refractivity contribution in [2.75, 3.05) is 6.61 Å². The summed E-state index contributed by atoms with van der Waals surface area (Å²) in [6, 6.07) is 9.77. The van der Waals surface area contributed by atoms with E-state index in [-0.39, 0.29) is 12.2 Å². The molecule has 0 aromatic heterocycles. The van der Waals surface area contributed by atoms with Crippen LogP contribution >= 0.6 is 0 Å². The molecule has 0 amide bonds. The van der Waals surface area contributed by atoms with E-state index in [4.69, 9.17) is 15.2 Å². The number of nitrogens with two attached hydrogens (primary N) is 1. The van der Waals surface area contributed by atoms with Gasteiger partial charge in [-0.15, -0.1) is 0 Å². The third-order valence-corrected chi connectivity index (χ3v) is 3.76. The summed E-state index contributed by atoms with van der Waals surface area (Å²) < 4.78 is 25.5. The first kappa shape index (κ1) is 16.8. The quantitative estimate of drug-likeness (QED) is 0.817. The van der Waals surface area contributed by atoms with Gasteiger partial charge in [0.15, 0.2) is 0 Å². The van der Waals surface area contributed by atoms with E-state index in [0.29, 0.717) is 5.56 Å². The summed E-state index contributed by atoms with van der Waals surface area (Å²) in [5.74, 6) is -5.79. The second kappa shape index (κ2) is 5.89. The molecule has 0 radical (unpaired) electrons. The molecule has 3 atom stereocenters. The Labute approximate surface area is 132 Å². The van der Waals surface area contributed by atoms with Gasteiger partial charge >= 0.3 is 5.97 Å². The van der Waals surface area contributed by atoms with Crippen molar-refractivity contribution >= 4 is 5.97 Å². The van der Waals surface area contributed by atoms with Crippen molar-refractivity contribution < 1.29 is 23.8 Å². The third kappa shape index (κ3) is 2.51. The standard InChI is InChI=1S/C16H17FN2O4/c1-3-22-14(20)16(17)12(10-7-5-4-6-8-10)11(9-18)13(19)23-15(16,2)21/h4-8,12,21H,3,19H2,1-2H3/t12-,15-,16+/m1/s1. The fourth-order valence-electron chi connectivity index (χ4n) is 2.66. The number of ether oxygens (including phenoxy) is 2. The molecular formula is C16H17FN2O4. The maximum absolute atomic E-state index is 15.8. The highest BCUT2D eigenvalue weighted by atomic mass is 19.1. The number of alkyl halides is 1. The second-order valence-electron chi connectivity index (χ2n) is 5.25. The first-order chi connectivity index (χ1) is 10.8. The molecule has 1 aliphatic rings. The predicted molar refractivity (Wildman–Crippen MR) is 78.2 cm³/mol. The first-order valence-corrected chi connectivity index (χ1v) is 7.01. The molecule has 0 fully saturated rings. The predicted octanol–water partition coefficient (Wildman–Crippen LogP) is 1.47. The highest BCUT2D eigenvalue weighted by Crippen LogP contribution is 2.50. The number of rotatable bonds is 3. The number of carbonyl (C=O) groups excluding carboxylic acids is 1. The Morgan fingerprint density at radius 2 is 2.13 bits per heavy atom. The number of esters is 1. The number of benzene rings is 1. The van der Waals surface area contributed by atoms with E-state index >= 15 is 4.39 Å². The fourth-order valence-corrected chi connectivity index (χ4v) is 2.66. The van der Waals surface area contributed by atoms with E-state index in [1.54, 1.807) is 24.3 Å². The van der Waals surface area contributed by atoms with Crippen molar-refractivity contribution in [3.05, 3.63) is 47.4 Å². The van der Waals surface area contributed by atoms with Crippen LogP contribution in [-0.2, 0) is 14.3 Å². The van der Waals surface area contributed by atoms with Gasteiger partial charge in [0, 0.05) is 6.92 Å². The van der Waals surface area contributed by atoms with Crippen molar-refractivity contribution in [3.8, 4) is 6.07 Å². The zero-order valence-electron chi connectivity index (χ0n) is 12.7. The molecule has 6 nitrogen and oxygen atoms in total. The molecular weight excluding hydrogens is 303 g/mol. The monoisotopic (exact) mass is 320 g/mol. The molecule has 0 saturated carbocycles. The minimum absolute atomic E-state index is 0.0941. The van der Waals surface area contributed by atoms with Crippen LogP contribution in [0.25, 0.3) is 0 Å². The minimum atomic E-state index is -3.03. The molecule has 0 saturated heterocycles. The SMILES string of the molecule is CCOC(=O)[C@@]1(F)[C@H](c2ccccc2)C(C#N)=C(N)O[C@@]1(C)O. The summed E-state index contributed by atoms with van der Waals surface area (Å²) in [5, 5.41) is 19.7. The van der Waals surface area contributed by atoms with Gasteiger partial charge in [-0.25, -0.2) is 9.18 Å². The summed E-state index contributed by atoms with van der Waals surface area (Å²) in [5.41, 5.74) is 2.63. The lowest BCUT2D eigenvalue weighted by molar-refractivity contribution is -0.263. The molecule has 7 heteroatoms. The third-order valence-electron chi connectivity index (χ3n) is 3.76. The van der Waals surface area contributed by atoms with Crippen LogP contribution in [0.3, 0.4) is 0 Å². The average molecular weight is 320 g/mol. The van der Waals surface area contributed by atoms with Gasteiger partial charge < -0.3 is 20.3 Å². The molecule has 23 heavy (non-hydrogen) atoms. The number of allylic oxidation sites excluding steroid dienone is 1. The number of nitrogens with zero attached hydrogens (tertiary/aromatic N) is 1. The van der Waals surface area contributed by atoms with Gasteiger partial charge in [-0.1, -0.05) is 30.3 Å². The molecule has 3 N–H and O–H groups in total. The van der Waals surface area contributed by atoms with Crippen LogP contribution in [0, 0.1) is 11.3 Å². The number of hydrogen-bond acceptors (Lipinski definition) is 6.